The summed E-state index contributed by atoms with van der Waals surface area (Å²) in [5.74, 6) is 0.790. The summed E-state index contributed by atoms with van der Waals surface area (Å²) in [5.41, 5.74) is 4.57. The third-order valence-electron chi connectivity index (χ3n) is 5.77. The highest BCUT2D eigenvalue weighted by Crippen LogP contribution is 2.29. The van der Waals surface area contributed by atoms with Gasteiger partial charge in [-0.25, -0.2) is 0 Å². The first-order valence-corrected chi connectivity index (χ1v) is 10.6. The van der Waals surface area contributed by atoms with Crippen molar-refractivity contribution in [2.75, 3.05) is 40.0 Å². The van der Waals surface area contributed by atoms with Gasteiger partial charge in [-0.2, -0.15) is 0 Å². The zero-order chi connectivity index (χ0) is 18.8. The summed E-state index contributed by atoms with van der Waals surface area (Å²) in [4.78, 5) is 2.64. The van der Waals surface area contributed by atoms with Crippen molar-refractivity contribution in [3.63, 3.8) is 0 Å². The summed E-state index contributed by atoms with van der Waals surface area (Å²) in [6, 6.07) is 7.57. The van der Waals surface area contributed by atoms with Crippen molar-refractivity contribution in [2.24, 2.45) is 5.92 Å². The Morgan fingerprint density at radius 2 is 1.73 bits per heavy atom. The van der Waals surface area contributed by atoms with E-state index in [1.165, 1.54) is 50.6 Å². The van der Waals surface area contributed by atoms with E-state index >= 15 is 0 Å². The Morgan fingerprint density at radius 3 is 2.31 bits per heavy atom. The van der Waals surface area contributed by atoms with E-state index in [4.69, 9.17) is 9.47 Å². The minimum atomic E-state index is 0.447. The van der Waals surface area contributed by atoms with Crippen LogP contribution in [-0.4, -0.2) is 44.9 Å². The fourth-order valence-electron chi connectivity index (χ4n) is 4.03. The standard InChI is InChI=1S/C23H39NO2/c1-5-7-20(8-6-2)18-24(13-14-26-16-15-25-4)19(3)22-11-9-21-10-12-23(21)17-22/h9,11,17,19-20H,5-8,10,12-16,18H2,1-4H3. The number of aryl methyl sites for hydroxylation is 2. The fourth-order valence-corrected chi connectivity index (χ4v) is 4.03. The SMILES string of the molecule is CCCC(CCC)CN(CCOCCOC)C(C)c1ccc2c(c1)CC2. The molecule has 0 fully saturated rings. The highest BCUT2D eigenvalue weighted by molar-refractivity contribution is 5.39. The predicted molar refractivity (Wildman–Crippen MR) is 110 cm³/mol. The Morgan fingerprint density at radius 1 is 1.00 bits per heavy atom. The van der Waals surface area contributed by atoms with E-state index < -0.39 is 0 Å². The van der Waals surface area contributed by atoms with Gasteiger partial charge >= 0.3 is 0 Å². The van der Waals surface area contributed by atoms with Crippen LogP contribution in [0.4, 0.5) is 0 Å². The smallest absolute Gasteiger partial charge is 0.0700 e. The lowest BCUT2D eigenvalue weighted by Crippen LogP contribution is -2.35. The van der Waals surface area contributed by atoms with Gasteiger partial charge in [0.2, 0.25) is 0 Å². The maximum absolute atomic E-state index is 5.78. The monoisotopic (exact) mass is 361 g/mol. The molecule has 0 amide bonds. The molecule has 3 heteroatoms. The summed E-state index contributed by atoms with van der Waals surface area (Å²) in [7, 11) is 1.73. The van der Waals surface area contributed by atoms with Crippen LogP contribution in [0.1, 0.15) is 69.2 Å². The molecular formula is C23H39NO2. The maximum atomic E-state index is 5.78. The predicted octanol–water partition coefficient (Wildman–Crippen LogP) is 5.03. The van der Waals surface area contributed by atoms with E-state index in [0.717, 1.165) is 19.1 Å². The second-order valence-electron chi connectivity index (χ2n) is 7.75. The molecule has 26 heavy (non-hydrogen) atoms. The summed E-state index contributed by atoms with van der Waals surface area (Å²) in [6.45, 7) is 11.3. The van der Waals surface area contributed by atoms with E-state index in [2.05, 4.69) is 43.9 Å². The van der Waals surface area contributed by atoms with Crippen molar-refractivity contribution in [3.05, 3.63) is 34.9 Å². The number of benzene rings is 1. The molecule has 0 aromatic heterocycles. The second-order valence-corrected chi connectivity index (χ2v) is 7.75. The van der Waals surface area contributed by atoms with Gasteiger partial charge in [0.1, 0.15) is 0 Å². The molecule has 1 unspecified atom stereocenters. The molecule has 148 valence electrons. The van der Waals surface area contributed by atoms with Crippen LogP contribution in [0.2, 0.25) is 0 Å². The van der Waals surface area contributed by atoms with Crippen LogP contribution < -0.4 is 0 Å². The number of nitrogens with zero attached hydrogens (tertiary/aromatic N) is 1. The number of methoxy groups -OCH3 is 1. The number of hydrogen-bond acceptors (Lipinski definition) is 3. The minimum absolute atomic E-state index is 0.447. The van der Waals surface area contributed by atoms with Gasteiger partial charge in [-0.15, -0.1) is 0 Å². The van der Waals surface area contributed by atoms with Gasteiger partial charge in [-0.05, 0) is 55.2 Å². The summed E-state index contributed by atoms with van der Waals surface area (Å²) < 4.78 is 10.9. The molecule has 1 aromatic carbocycles. The zero-order valence-corrected chi connectivity index (χ0v) is 17.4. The van der Waals surface area contributed by atoms with E-state index in [9.17, 15) is 0 Å². The summed E-state index contributed by atoms with van der Waals surface area (Å²) >= 11 is 0. The molecule has 0 saturated heterocycles. The van der Waals surface area contributed by atoms with Gasteiger partial charge in [-0.3, -0.25) is 4.90 Å². The number of hydrogen-bond donors (Lipinski definition) is 0. The Labute approximate surface area is 161 Å². The van der Waals surface area contributed by atoms with Crippen LogP contribution in [0.3, 0.4) is 0 Å². The van der Waals surface area contributed by atoms with Gasteiger partial charge < -0.3 is 9.47 Å². The molecule has 0 heterocycles. The van der Waals surface area contributed by atoms with Crippen molar-refractivity contribution in [3.8, 4) is 0 Å². The second kappa shape index (κ2) is 11.7. The Kier molecular flexibility index (Phi) is 9.66. The van der Waals surface area contributed by atoms with Crippen LogP contribution in [0.15, 0.2) is 18.2 Å². The van der Waals surface area contributed by atoms with Crippen LogP contribution in [0, 0.1) is 5.92 Å². The molecule has 0 radical (unpaired) electrons. The van der Waals surface area contributed by atoms with E-state index in [-0.39, 0.29) is 0 Å². The number of ether oxygens (including phenoxy) is 2. The molecule has 0 aliphatic heterocycles. The molecule has 3 nitrogen and oxygen atoms in total. The minimum Gasteiger partial charge on any atom is -0.382 e. The van der Waals surface area contributed by atoms with Gasteiger partial charge in [-0.1, -0.05) is 44.9 Å². The zero-order valence-electron chi connectivity index (χ0n) is 17.4. The quantitative estimate of drug-likeness (QED) is 0.434. The van der Waals surface area contributed by atoms with Crippen LogP contribution in [0.5, 0.6) is 0 Å². The Bertz CT molecular complexity index is 511. The molecule has 0 N–H and O–H groups in total. The molecule has 0 spiro atoms. The maximum Gasteiger partial charge on any atom is 0.0700 e. The van der Waals surface area contributed by atoms with Gasteiger partial charge in [0, 0.05) is 26.2 Å². The van der Waals surface area contributed by atoms with E-state index in [1.54, 1.807) is 18.2 Å². The van der Waals surface area contributed by atoms with Crippen molar-refractivity contribution in [1.29, 1.82) is 0 Å². The van der Waals surface area contributed by atoms with Crippen LogP contribution in [0.25, 0.3) is 0 Å². The Hall–Kier alpha value is -0.900. The highest BCUT2D eigenvalue weighted by atomic mass is 16.5. The van der Waals surface area contributed by atoms with Crippen molar-refractivity contribution >= 4 is 0 Å². The molecule has 1 aliphatic carbocycles. The van der Waals surface area contributed by atoms with Gasteiger partial charge in [0.05, 0.1) is 19.8 Å². The van der Waals surface area contributed by atoms with E-state index in [1.807, 2.05) is 0 Å². The first-order valence-electron chi connectivity index (χ1n) is 10.6. The van der Waals surface area contributed by atoms with Crippen molar-refractivity contribution in [1.82, 2.24) is 4.90 Å². The molecule has 1 aromatic rings. The normalized spacial score (nSPS) is 14.5. The fraction of sp³-hybridized carbons (Fsp3) is 0.739. The average Bonchev–Trinajstić information content (AvgIpc) is 2.61. The largest absolute Gasteiger partial charge is 0.382 e. The van der Waals surface area contributed by atoms with Crippen molar-refractivity contribution < 1.29 is 9.47 Å². The summed E-state index contributed by atoms with van der Waals surface area (Å²) in [6.07, 6.45) is 7.71. The van der Waals surface area contributed by atoms with Gasteiger partial charge in [0.25, 0.3) is 0 Å². The van der Waals surface area contributed by atoms with E-state index in [0.29, 0.717) is 19.3 Å². The molecule has 1 aliphatic rings. The first kappa shape index (κ1) is 21.4. The molecular weight excluding hydrogens is 322 g/mol. The van der Waals surface area contributed by atoms with Crippen molar-refractivity contribution in [2.45, 2.75) is 65.3 Å². The topological polar surface area (TPSA) is 21.7 Å². The third-order valence-corrected chi connectivity index (χ3v) is 5.77. The lowest BCUT2D eigenvalue weighted by molar-refractivity contribution is 0.0460. The molecule has 1 atom stereocenters. The lowest BCUT2D eigenvalue weighted by atomic mass is 9.86. The number of fused-ring (bicyclic) bond motifs is 1. The summed E-state index contributed by atoms with van der Waals surface area (Å²) in [5, 5.41) is 0. The highest BCUT2D eigenvalue weighted by Gasteiger charge is 2.22. The molecule has 0 bridgehead atoms. The van der Waals surface area contributed by atoms with Crippen LogP contribution in [-0.2, 0) is 22.3 Å². The Balaban J connectivity index is 2.00. The first-order chi connectivity index (χ1) is 12.7. The molecule has 0 saturated carbocycles. The lowest BCUT2D eigenvalue weighted by Gasteiger charge is -2.34. The number of rotatable bonds is 14. The molecule has 2 rings (SSSR count). The average molecular weight is 362 g/mol. The third kappa shape index (κ3) is 6.37. The van der Waals surface area contributed by atoms with Crippen LogP contribution >= 0.6 is 0 Å². The van der Waals surface area contributed by atoms with Gasteiger partial charge in [0.15, 0.2) is 0 Å².